The molecule has 0 aromatic heterocycles. The minimum atomic E-state index is -0.418. The zero-order valence-electron chi connectivity index (χ0n) is 13.9. The Bertz CT molecular complexity index is 722. The molecule has 0 spiro atoms. The van der Waals surface area contributed by atoms with Crippen LogP contribution in [0.5, 0.6) is 5.75 Å². The van der Waals surface area contributed by atoms with Crippen molar-refractivity contribution < 1.29 is 9.53 Å². The van der Waals surface area contributed by atoms with Gasteiger partial charge in [-0.3, -0.25) is 0 Å². The maximum absolute atomic E-state index is 11.8. The lowest BCUT2D eigenvalue weighted by Crippen LogP contribution is -2.03. The maximum atomic E-state index is 11.8. The molecule has 0 radical (unpaired) electrons. The van der Waals surface area contributed by atoms with Gasteiger partial charge in [-0.25, -0.2) is 4.79 Å². The monoisotopic (exact) mass is 319 g/mol. The Hall–Kier alpha value is -2.86. The van der Waals surface area contributed by atoms with Crippen LogP contribution in [0.25, 0.3) is 6.08 Å². The molecular weight excluding hydrogens is 298 g/mol. The summed E-state index contributed by atoms with van der Waals surface area (Å²) in [5, 5.41) is 8.75. The van der Waals surface area contributed by atoms with Crippen LogP contribution < -0.4 is 4.74 Å². The van der Waals surface area contributed by atoms with Gasteiger partial charge in [0.1, 0.15) is 5.75 Å². The van der Waals surface area contributed by atoms with Gasteiger partial charge >= 0.3 is 5.97 Å². The molecule has 3 heteroatoms. The van der Waals surface area contributed by atoms with E-state index in [9.17, 15) is 4.79 Å². The molecule has 0 heterocycles. The summed E-state index contributed by atoms with van der Waals surface area (Å²) >= 11 is 0. The highest BCUT2D eigenvalue weighted by molar-refractivity contribution is 5.88. The lowest BCUT2D eigenvalue weighted by Gasteiger charge is -2.04. The molecule has 0 fully saturated rings. The molecule has 3 nitrogen and oxygen atoms in total. The van der Waals surface area contributed by atoms with Crippen LogP contribution in [0, 0.1) is 11.3 Å². The lowest BCUT2D eigenvalue weighted by atomic mass is 10.1. The molecule has 0 aliphatic heterocycles. The Morgan fingerprint density at radius 3 is 2.42 bits per heavy atom. The number of rotatable bonds is 7. The average Bonchev–Trinajstić information content (AvgIpc) is 2.62. The number of aryl methyl sites for hydroxylation is 1. The summed E-state index contributed by atoms with van der Waals surface area (Å²) in [6, 6.07) is 16.7. The fraction of sp³-hybridized carbons (Fsp3) is 0.238. The topological polar surface area (TPSA) is 50.1 Å². The van der Waals surface area contributed by atoms with Gasteiger partial charge < -0.3 is 4.74 Å². The fourth-order valence-corrected chi connectivity index (χ4v) is 2.29. The summed E-state index contributed by atoms with van der Waals surface area (Å²) in [4.78, 5) is 11.8. The second kappa shape index (κ2) is 9.32. The van der Waals surface area contributed by atoms with Gasteiger partial charge in [0.15, 0.2) is 0 Å². The number of ether oxygens (including phenoxy) is 1. The molecule has 0 atom stereocenters. The number of hydrogen-bond donors (Lipinski definition) is 0. The Balaban J connectivity index is 1.87. The molecule has 2 aromatic carbocycles. The smallest absolute Gasteiger partial charge is 0.336 e. The van der Waals surface area contributed by atoms with Crippen molar-refractivity contribution in [1.82, 2.24) is 0 Å². The predicted octanol–water partition coefficient (Wildman–Crippen LogP) is 4.91. The van der Waals surface area contributed by atoms with Crippen molar-refractivity contribution in [2.45, 2.75) is 32.6 Å². The van der Waals surface area contributed by atoms with Gasteiger partial charge in [0, 0.05) is 6.08 Å². The van der Waals surface area contributed by atoms with Gasteiger partial charge in [0.25, 0.3) is 0 Å². The highest BCUT2D eigenvalue weighted by Crippen LogP contribution is 2.15. The minimum absolute atomic E-state index is 0.418. The Morgan fingerprint density at radius 2 is 1.79 bits per heavy atom. The zero-order valence-corrected chi connectivity index (χ0v) is 13.9. The van der Waals surface area contributed by atoms with E-state index >= 15 is 0 Å². The first kappa shape index (κ1) is 17.5. The molecule has 0 aliphatic rings. The summed E-state index contributed by atoms with van der Waals surface area (Å²) in [5.74, 6) is 0.127. The van der Waals surface area contributed by atoms with E-state index in [1.807, 2.05) is 24.3 Å². The molecular formula is C21H21NO2. The molecule has 2 aromatic rings. The van der Waals surface area contributed by atoms with Gasteiger partial charge in [-0.1, -0.05) is 44.0 Å². The first-order valence-electron chi connectivity index (χ1n) is 8.20. The van der Waals surface area contributed by atoms with Crippen molar-refractivity contribution in [3.05, 3.63) is 71.3 Å². The summed E-state index contributed by atoms with van der Waals surface area (Å²) in [5.41, 5.74) is 2.70. The highest BCUT2D eigenvalue weighted by atomic mass is 16.5. The van der Waals surface area contributed by atoms with E-state index in [4.69, 9.17) is 10.00 Å². The van der Waals surface area contributed by atoms with Gasteiger partial charge in [-0.05, 0) is 54.3 Å². The standard InChI is InChI=1S/C21H21NO2/c1-2-3-4-5-17-10-13-20(14-11-17)24-21(23)15-12-18-6-8-19(16-22)9-7-18/h6-15H,2-5H2,1H3. The molecule has 2 rings (SSSR count). The largest absolute Gasteiger partial charge is 0.423 e. The third-order valence-corrected chi connectivity index (χ3v) is 3.66. The minimum Gasteiger partial charge on any atom is -0.423 e. The number of hydrogen-bond acceptors (Lipinski definition) is 3. The van der Waals surface area contributed by atoms with Crippen molar-refractivity contribution >= 4 is 12.0 Å². The Kier molecular flexibility index (Phi) is 6.79. The number of esters is 1. The van der Waals surface area contributed by atoms with Crippen LogP contribution in [-0.2, 0) is 11.2 Å². The summed E-state index contributed by atoms with van der Waals surface area (Å²) in [6.45, 7) is 2.19. The van der Waals surface area contributed by atoms with Crippen molar-refractivity contribution in [1.29, 1.82) is 5.26 Å². The molecule has 0 N–H and O–H groups in total. The van der Waals surface area contributed by atoms with E-state index in [2.05, 4.69) is 13.0 Å². The molecule has 0 saturated carbocycles. The van der Waals surface area contributed by atoms with E-state index < -0.39 is 5.97 Å². The fourth-order valence-electron chi connectivity index (χ4n) is 2.29. The predicted molar refractivity (Wildman–Crippen MR) is 95.5 cm³/mol. The number of carbonyl (C=O) groups excluding carboxylic acids is 1. The van der Waals surface area contributed by atoms with Gasteiger partial charge in [-0.15, -0.1) is 0 Å². The number of nitrogens with zero attached hydrogens (tertiary/aromatic N) is 1. The van der Waals surface area contributed by atoms with Crippen LogP contribution in [0.15, 0.2) is 54.6 Å². The van der Waals surface area contributed by atoms with E-state index in [1.165, 1.54) is 30.9 Å². The lowest BCUT2D eigenvalue weighted by molar-refractivity contribution is -0.128. The second-order valence-corrected chi connectivity index (χ2v) is 5.59. The first-order valence-corrected chi connectivity index (χ1v) is 8.20. The number of unbranched alkanes of at least 4 members (excludes halogenated alkanes) is 2. The van der Waals surface area contributed by atoms with Crippen molar-refractivity contribution in [3.63, 3.8) is 0 Å². The van der Waals surface area contributed by atoms with Gasteiger partial charge in [-0.2, -0.15) is 5.26 Å². The summed E-state index contributed by atoms with van der Waals surface area (Å²) < 4.78 is 5.28. The molecule has 24 heavy (non-hydrogen) atoms. The Morgan fingerprint density at radius 1 is 1.08 bits per heavy atom. The van der Waals surface area contributed by atoms with Crippen molar-refractivity contribution in [2.24, 2.45) is 0 Å². The van der Waals surface area contributed by atoms with E-state index in [-0.39, 0.29) is 0 Å². The molecule has 0 bridgehead atoms. The van der Waals surface area contributed by atoms with Gasteiger partial charge in [0.2, 0.25) is 0 Å². The number of benzene rings is 2. The van der Waals surface area contributed by atoms with E-state index in [1.54, 1.807) is 30.3 Å². The molecule has 122 valence electrons. The normalized spacial score (nSPS) is 10.5. The van der Waals surface area contributed by atoms with Crippen LogP contribution >= 0.6 is 0 Å². The summed E-state index contributed by atoms with van der Waals surface area (Å²) in [7, 11) is 0. The highest BCUT2D eigenvalue weighted by Gasteiger charge is 2.01. The molecule has 0 saturated heterocycles. The molecule has 0 unspecified atom stereocenters. The van der Waals surface area contributed by atoms with Crippen LogP contribution in [-0.4, -0.2) is 5.97 Å². The number of carbonyl (C=O) groups is 1. The van der Waals surface area contributed by atoms with E-state index in [0.29, 0.717) is 11.3 Å². The van der Waals surface area contributed by atoms with Crippen LogP contribution in [0.2, 0.25) is 0 Å². The third-order valence-electron chi connectivity index (χ3n) is 3.66. The maximum Gasteiger partial charge on any atom is 0.336 e. The zero-order chi connectivity index (χ0) is 17.2. The second-order valence-electron chi connectivity index (χ2n) is 5.59. The Labute approximate surface area is 143 Å². The quantitative estimate of drug-likeness (QED) is 0.315. The first-order chi connectivity index (χ1) is 11.7. The SMILES string of the molecule is CCCCCc1ccc(OC(=O)C=Cc2ccc(C#N)cc2)cc1. The molecule has 0 aliphatic carbocycles. The van der Waals surface area contributed by atoms with Crippen LogP contribution in [0.1, 0.15) is 42.9 Å². The third kappa shape index (κ3) is 5.73. The van der Waals surface area contributed by atoms with E-state index in [0.717, 1.165) is 12.0 Å². The molecule has 0 amide bonds. The van der Waals surface area contributed by atoms with Crippen molar-refractivity contribution in [2.75, 3.05) is 0 Å². The van der Waals surface area contributed by atoms with Crippen LogP contribution in [0.4, 0.5) is 0 Å². The summed E-state index contributed by atoms with van der Waals surface area (Å²) in [6.07, 6.45) is 7.74. The van der Waals surface area contributed by atoms with Crippen LogP contribution in [0.3, 0.4) is 0 Å². The van der Waals surface area contributed by atoms with Gasteiger partial charge in [0.05, 0.1) is 11.6 Å². The van der Waals surface area contributed by atoms with Crippen molar-refractivity contribution in [3.8, 4) is 11.8 Å². The average molecular weight is 319 g/mol. The number of nitriles is 1.